The number of hydrogen-bond donors (Lipinski definition) is 2. The standard InChI is InChI=1S/C15H23N5OS/c1-11(2)14-19-13(21-20-14)6-3-8-17-15(16)18-9-7-12-5-4-10-22-12/h4-5,10-11H,3,6-9H2,1-2H3,(H3,16,17,18). The van der Waals surface area contributed by atoms with Gasteiger partial charge < -0.3 is 15.6 Å². The molecule has 3 N–H and O–H groups in total. The third-order valence-electron chi connectivity index (χ3n) is 3.09. The third-order valence-corrected chi connectivity index (χ3v) is 4.02. The van der Waals surface area contributed by atoms with E-state index in [0.29, 0.717) is 24.3 Å². The highest BCUT2D eigenvalue weighted by Crippen LogP contribution is 2.10. The molecule has 0 saturated heterocycles. The van der Waals surface area contributed by atoms with Gasteiger partial charge in [0.05, 0.1) is 0 Å². The van der Waals surface area contributed by atoms with Gasteiger partial charge in [0.15, 0.2) is 11.8 Å². The van der Waals surface area contributed by atoms with E-state index in [4.69, 9.17) is 10.3 Å². The lowest BCUT2D eigenvalue weighted by Crippen LogP contribution is -2.33. The Balaban J connectivity index is 1.61. The van der Waals surface area contributed by atoms with Crippen LogP contribution in [-0.2, 0) is 12.8 Å². The number of aliphatic imine (C=N–C) groups is 1. The van der Waals surface area contributed by atoms with E-state index >= 15 is 0 Å². The zero-order valence-corrected chi connectivity index (χ0v) is 13.9. The Hall–Kier alpha value is -1.89. The lowest BCUT2D eigenvalue weighted by Gasteiger charge is -2.04. The van der Waals surface area contributed by atoms with E-state index in [2.05, 4.69) is 38.0 Å². The minimum Gasteiger partial charge on any atom is -0.370 e. The molecule has 0 unspecified atom stereocenters. The summed E-state index contributed by atoms with van der Waals surface area (Å²) in [6.07, 6.45) is 2.53. The second-order valence-electron chi connectivity index (χ2n) is 5.33. The molecule has 0 fully saturated rings. The number of aryl methyl sites for hydroxylation is 1. The van der Waals surface area contributed by atoms with E-state index in [9.17, 15) is 0 Å². The summed E-state index contributed by atoms with van der Waals surface area (Å²) in [7, 11) is 0. The summed E-state index contributed by atoms with van der Waals surface area (Å²) in [5, 5.41) is 9.14. The van der Waals surface area contributed by atoms with Gasteiger partial charge in [-0.25, -0.2) is 0 Å². The smallest absolute Gasteiger partial charge is 0.226 e. The van der Waals surface area contributed by atoms with Crippen LogP contribution in [0.25, 0.3) is 0 Å². The fourth-order valence-electron chi connectivity index (χ4n) is 1.86. The molecule has 7 heteroatoms. The van der Waals surface area contributed by atoms with Crippen molar-refractivity contribution in [3.05, 3.63) is 34.1 Å². The molecule has 0 aliphatic carbocycles. The summed E-state index contributed by atoms with van der Waals surface area (Å²) in [5.74, 6) is 2.21. The highest BCUT2D eigenvalue weighted by molar-refractivity contribution is 7.09. The molecular weight excluding hydrogens is 298 g/mol. The lowest BCUT2D eigenvalue weighted by molar-refractivity contribution is 0.369. The van der Waals surface area contributed by atoms with Crippen LogP contribution in [0.5, 0.6) is 0 Å². The quantitative estimate of drug-likeness (QED) is 0.442. The van der Waals surface area contributed by atoms with Crippen molar-refractivity contribution >= 4 is 17.3 Å². The molecular formula is C15H23N5OS. The predicted octanol–water partition coefficient (Wildman–Crippen LogP) is 2.33. The van der Waals surface area contributed by atoms with Crippen LogP contribution in [0.1, 0.15) is 42.8 Å². The molecule has 2 heterocycles. The van der Waals surface area contributed by atoms with Crippen molar-refractivity contribution < 1.29 is 4.52 Å². The van der Waals surface area contributed by atoms with Crippen molar-refractivity contribution in [2.45, 2.75) is 39.0 Å². The normalized spacial score (nSPS) is 12.0. The van der Waals surface area contributed by atoms with E-state index in [0.717, 1.165) is 31.6 Å². The molecule has 2 aromatic rings. The summed E-state index contributed by atoms with van der Waals surface area (Å²) in [6.45, 7) is 5.54. The van der Waals surface area contributed by atoms with Crippen LogP contribution >= 0.6 is 11.3 Å². The van der Waals surface area contributed by atoms with Gasteiger partial charge in [0, 0.05) is 30.3 Å². The minimum atomic E-state index is 0.290. The maximum atomic E-state index is 5.83. The monoisotopic (exact) mass is 321 g/mol. The number of thiophene rings is 1. The zero-order chi connectivity index (χ0) is 15.8. The van der Waals surface area contributed by atoms with Gasteiger partial charge in [-0.3, -0.25) is 4.99 Å². The Morgan fingerprint density at radius 2 is 2.32 bits per heavy atom. The number of aromatic nitrogens is 2. The summed E-state index contributed by atoms with van der Waals surface area (Å²) in [5.41, 5.74) is 5.83. The molecule has 0 aliphatic rings. The van der Waals surface area contributed by atoms with Crippen molar-refractivity contribution in [2.24, 2.45) is 10.7 Å². The van der Waals surface area contributed by atoms with Crippen LogP contribution in [0.3, 0.4) is 0 Å². The molecule has 2 aromatic heterocycles. The van der Waals surface area contributed by atoms with Crippen LogP contribution in [0.4, 0.5) is 0 Å². The Kier molecular flexibility index (Phi) is 6.39. The van der Waals surface area contributed by atoms with Crippen LogP contribution in [0, 0.1) is 0 Å². The molecule has 0 saturated carbocycles. The van der Waals surface area contributed by atoms with E-state index in [1.807, 2.05) is 13.8 Å². The predicted molar refractivity (Wildman–Crippen MR) is 89.2 cm³/mol. The molecule has 0 aliphatic heterocycles. The van der Waals surface area contributed by atoms with Crippen LogP contribution in [0.15, 0.2) is 27.0 Å². The van der Waals surface area contributed by atoms with Crippen molar-refractivity contribution in [3.63, 3.8) is 0 Å². The third kappa shape index (κ3) is 5.48. The first-order valence-electron chi connectivity index (χ1n) is 7.54. The van der Waals surface area contributed by atoms with E-state index in [1.54, 1.807) is 11.3 Å². The number of guanidine groups is 1. The summed E-state index contributed by atoms with van der Waals surface area (Å²) in [6, 6.07) is 4.18. The summed E-state index contributed by atoms with van der Waals surface area (Å²) in [4.78, 5) is 9.97. The lowest BCUT2D eigenvalue weighted by atomic mass is 10.2. The van der Waals surface area contributed by atoms with Gasteiger partial charge in [-0.05, 0) is 24.3 Å². The van der Waals surface area contributed by atoms with Gasteiger partial charge in [0.1, 0.15) is 0 Å². The number of hydrogen-bond acceptors (Lipinski definition) is 5. The number of rotatable bonds is 8. The number of nitrogens with zero attached hydrogens (tertiary/aromatic N) is 3. The van der Waals surface area contributed by atoms with Gasteiger partial charge in [-0.2, -0.15) is 4.98 Å². The molecule has 0 radical (unpaired) electrons. The van der Waals surface area contributed by atoms with Gasteiger partial charge >= 0.3 is 0 Å². The van der Waals surface area contributed by atoms with Gasteiger partial charge in [-0.1, -0.05) is 25.1 Å². The SMILES string of the molecule is CC(C)c1noc(CCCN=C(N)NCCc2cccs2)n1. The molecule has 0 bridgehead atoms. The highest BCUT2D eigenvalue weighted by atomic mass is 32.1. The Bertz CT molecular complexity index is 577. The zero-order valence-electron chi connectivity index (χ0n) is 13.1. The molecule has 120 valence electrons. The minimum absolute atomic E-state index is 0.290. The van der Waals surface area contributed by atoms with Crippen LogP contribution in [0.2, 0.25) is 0 Å². The molecule has 6 nitrogen and oxygen atoms in total. The van der Waals surface area contributed by atoms with Gasteiger partial charge in [-0.15, -0.1) is 11.3 Å². The van der Waals surface area contributed by atoms with Crippen molar-refractivity contribution in [1.82, 2.24) is 15.5 Å². The van der Waals surface area contributed by atoms with Gasteiger partial charge in [0.25, 0.3) is 0 Å². The van der Waals surface area contributed by atoms with Crippen molar-refractivity contribution in [3.8, 4) is 0 Å². The van der Waals surface area contributed by atoms with E-state index in [1.165, 1.54) is 4.88 Å². The fraction of sp³-hybridized carbons (Fsp3) is 0.533. The summed E-state index contributed by atoms with van der Waals surface area (Å²) >= 11 is 1.75. The average molecular weight is 321 g/mol. The van der Waals surface area contributed by atoms with Crippen molar-refractivity contribution in [1.29, 1.82) is 0 Å². The van der Waals surface area contributed by atoms with Crippen molar-refractivity contribution in [2.75, 3.05) is 13.1 Å². The van der Waals surface area contributed by atoms with E-state index < -0.39 is 0 Å². The van der Waals surface area contributed by atoms with Gasteiger partial charge in [0.2, 0.25) is 5.89 Å². The Labute approximate surface area is 134 Å². The molecule has 0 aromatic carbocycles. The van der Waals surface area contributed by atoms with E-state index in [-0.39, 0.29) is 0 Å². The largest absolute Gasteiger partial charge is 0.370 e. The van der Waals surface area contributed by atoms with Crippen LogP contribution < -0.4 is 11.1 Å². The second kappa shape index (κ2) is 8.53. The average Bonchev–Trinajstić information content (AvgIpc) is 3.15. The second-order valence-corrected chi connectivity index (χ2v) is 6.36. The number of nitrogens with two attached hydrogens (primary N) is 1. The maximum Gasteiger partial charge on any atom is 0.226 e. The molecule has 2 rings (SSSR count). The molecule has 0 spiro atoms. The number of nitrogens with one attached hydrogen (secondary N) is 1. The highest BCUT2D eigenvalue weighted by Gasteiger charge is 2.08. The maximum absolute atomic E-state index is 5.83. The molecule has 0 amide bonds. The first kappa shape index (κ1) is 16.5. The molecule has 0 atom stereocenters. The first-order valence-corrected chi connectivity index (χ1v) is 8.41. The van der Waals surface area contributed by atoms with Crippen LogP contribution in [-0.4, -0.2) is 29.2 Å². The Morgan fingerprint density at radius 1 is 1.45 bits per heavy atom. The molecule has 22 heavy (non-hydrogen) atoms. The fourth-order valence-corrected chi connectivity index (χ4v) is 2.57. The summed E-state index contributed by atoms with van der Waals surface area (Å²) < 4.78 is 5.18. The topological polar surface area (TPSA) is 89.3 Å². The first-order chi connectivity index (χ1) is 10.6. The Morgan fingerprint density at radius 3 is 3.00 bits per heavy atom.